The molecule has 27 heavy (non-hydrogen) atoms. The maximum absolute atomic E-state index is 13.3. The second kappa shape index (κ2) is 7.23. The van der Waals surface area contributed by atoms with Crippen LogP contribution in [0.2, 0.25) is 0 Å². The Labute approximate surface area is 161 Å². The molecule has 0 aliphatic heterocycles. The number of benzene rings is 2. The largest absolute Gasteiger partial charge is 0.366 e. The number of carbonyl (C=O) groups is 2. The lowest BCUT2D eigenvalue weighted by molar-refractivity contribution is 0.0997. The first-order chi connectivity index (χ1) is 13.0. The number of urea groups is 1. The van der Waals surface area contributed by atoms with Gasteiger partial charge >= 0.3 is 6.03 Å². The van der Waals surface area contributed by atoms with E-state index in [-0.39, 0.29) is 11.6 Å². The van der Waals surface area contributed by atoms with Gasteiger partial charge < -0.3 is 11.1 Å². The summed E-state index contributed by atoms with van der Waals surface area (Å²) in [6.07, 6.45) is 6.31. The Morgan fingerprint density at radius 1 is 1.00 bits per heavy atom. The van der Waals surface area contributed by atoms with Gasteiger partial charge in [-0.1, -0.05) is 6.07 Å². The van der Waals surface area contributed by atoms with Gasteiger partial charge in [-0.2, -0.15) is 0 Å². The molecule has 0 saturated heterocycles. The molecule has 5 nitrogen and oxygen atoms in total. The summed E-state index contributed by atoms with van der Waals surface area (Å²) in [6.45, 7) is 0. The molecule has 0 spiro atoms. The SMILES string of the molecule is NC(=O)c1cc(F)ccc1SNC(=O)Nc1c2c(cc3c1CCC3)CCC2. The van der Waals surface area contributed by atoms with Crippen LogP contribution in [0, 0.1) is 5.82 Å². The lowest BCUT2D eigenvalue weighted by atomic mass is 9.99. The van der Waals surface area contributed by atoms with Crippen LogP contribution in [0.25, 0.3) is 0 Å². The number of carbonyl (C=O) groups excluding carboxylic acids is 2. The minimum absolute atomic E-state index is 0.0433. The summed E-state index contributed by atoms with van der Waals surface area (Å²) >= 11 is 0.948. The predicted octanol–water partition coefficient (Wildman–Crippen LogP) is 3.73. The highest BCUT2D eigenvalue weighted by Crippen LogP contribution is 2.38. The Balaban J connectivity index is 1.51. The number of anilines is 1. The summed E-state index contributed by atoms with van der Waals surface area (Å²) in [7, 11) is 0. The molecule has 2 aromatic rings. The van der Waals surface area contributed by atoms with Crippen LogP contribution in [0.15, 0.2) is 29.2 Å². The van der Waals surface area contributed by atoms with Crippen molar-refractivity contribution < 1.29 is 14.0 Å². The number of halogens is 1. The third kappa shape index (κ3) is 3.51. The van der Waals surface area contributed by atoms with E-state index < -0.39 is 11.7 Å². The minimum atomic E-state index is -0.738. The number of aryl methyl sites for hydroxylation is 2. The first-order valence-corrected chi connectivity index (χ1v) is 9.84. The fraction of sp³-hybridized carbons (Fsp3) is 0.300. The zero-order valence-electron chi connectivity index (χ0n) is 14.7. The van der Waals surface area contributed by atoms with Crippen molar-refractivity contribution in [2.24, 2.45) is 5.73 Å². The van der Waals surface area contributed by atoms with E-state index in [0.717, 1.165) is 62.2 Å². The van der Waals surface area contributed by atoms with Crippen molar-refractivity contribution in [3.05, 3.63) is 57.9 Å². The molecule has 4 N–H and O–H groups in total. The first-order valence-electron chi connectivity index (χ1n) is 9.02. The van der Waals surface area contributed by atoms with Crippen molar-refractivity contribution in [3.8, 4) is 0 Å². The highest BCUT2D eigenvalue weighted by molar-refractivity contribution is 7.98. The highest BCUT2D eigenvalue weighted by Gasteiger charge is 2.25. The molecule has 2 aromatic carbocycles. The lowest BCUT2D eigenvalue weighted by Crippen LogP contribution is -2.25. The third-order valence-corrected chi connectivity index (χ3v) is 6.04. The van der Waals surface area contributed by atoms with Crippen molar-refractivity contribution in [1.29, 1.82) is 0 Å². The number of primary amides is 1. The van der Waals surface area contributed by atoms with Crippen LogP contribution in [-0.2, 0) is 25.7 Å². The summed E-state index contributed by atoms with van der Waals surface area (Å²) in [5.74, 6) is -1.29. The van der Waals surface area contributed by atoms with Gasteiger partial charge in [0.1, 0.15) is 5.82 Å². The van der Waals surface area contributed by atoms with E-state index in [2.05, 4.69) is 16.1 Å². The molecule has 0 bridgehead atoms. The van der Waals surface area contributed by atoms with Crippen LogP contribution < -0.4 is 15.8 Å². The summed E-state index contributed by atoms with van der Waals surface area (Å²) in [6, 6.07) is 5.67. The molecule has 7 heteroatoms. The van der Waals surface area contributed by atoms with Gasteiger partial charge in [0.25, 0.3) is 0 Å². The van der Waals surface area contributed by atoms with E-state index in [1.54, 1.807) is 0 Å². The zero-order valence-corrected chi connectivity index (χ0v) is 15.5. The Kier molecular flexibility index (Phi) is 4.78. The standard InChI is InChI=1S/C20H20FN3O2S/c21-13-7-8-17(16(10-13)19(22)25)27-24-20(26)23-18-14-5-1-3-11(14)9-12-4-2-6-15(12)18/h7-10H,1-6H2,(H2,22,25)(H2,23,24,26). The van der Waals surface area contributed by atoms with Crippen molar-refractivity contribution in [2.45, 2.75) is 43.4 Å². The number of nitrogens with two attached hydrogens (primary N) is 1. The summed E-state index contributed by atoms with van der Waals surface area (Å²) in [5, 5.41) is 3.01. The molecular weight excluding hydrogens is 365 g/mol. The van der Waals surface area contributed by atoms with Gasteiger partial charge in [0, 0.05) is 10.6 Å². The van der Waals surface area contributed by atoms with Crippen LogP contribution >= 0.6 is 11.9 Å². The molecule has 4 rings (SSSR count). The fourth-order valence-corrected chi connectivity index (χ4v) is 4.65. The molecule has 2 aliphatic rings. The average molecular weight is 385 g/mol. The maximum Gasteiger partial charge on any atom is 0.329 e. The van der Waals surface area contributed by atoms with Crippen LogP contribution in [-0.4, -0.2) is 11.9 Å². The third-order valence-electron chi connectivity index (χ3n) is 5.17. The van der Waals surface area contributed by atoms with Crippen LogP contribution in [0.3, 0.4) is 0 Å². The Hall–Kier alpha value is -2.54. The zero-order chi connectivity index (χ0) is 19.0. The molecule has 0 atom stereocenters. The monoisotopic (exact) mass is 385 g/mol. The predicted molar refractivity (Wildman–Crippen MR) is 103 cm³/mol. The molecule has 0 fully saturated rings. The second-order valence-electron chi connectivity index (χ2n) is 6.90. The van der Waals surface area contributed by atoms with Crippen molar-refractivity contribution in [3.63, 3.8) is 0 Å². The van der Waals surface area contributed by atoms with Crippen LogP contribution in [0.4, 0.5) is 14.9 Å². The van der Waals surface area contributed by atoms with E-state index in [1.165, 1.54) is 34.4 Å². The Morgan fingerprint density at radius 2 is 1.67 bits per heavy atom. The van der Waals surface area contributed by atoms with Gasteiger partial charge in [-0.05, 0) is 90.9 Å². The maximum atomic E-state index is 13.3. The topological polar surface area (TPSA) is 84.2 Å². The number of rotatable bonds is 4. The molecular formula is C20H20FN3O2S. The quantitative estimate of drug-likeness (QED) is 0.701. The molecule has 140 valence electrons. The number of hydrogen-bond acceptors (Lipinski definition) is 3. The van der Waals surface area contributed by atoms with Crippen LogP contribution in [0.1, 0.15) is 45.5 Å². The normalized spacial score (nSPS) is 14.6. The van der Waals surface area contributed by atoms with Gasteiger partial charge in [-0.15, -0.1) is 0 Å². The van der Waals surface area contributed by atoms with Gasteiger partial charge in [0.2, 0.25) is 5.91 Å². The van der Waals surface area contributed by atoms with Crippen molar-refractivity contribution in [2.75, 3.05) is 5.32 Å². The number of amides is 3. The Morgan fingerprint density at radius 3 is 2.30 bits per heavy atom. The molecule has 0 unspecified atom stereocenters. The molecule has 0 aromatic heterocycles. The minimum Gasteiger partial charge on any atom is -0.366 e. The average Bonchev–Trinajstić information content (AvgIpc) is 3.29. The van der Waals surface area contributed by atoms with Gasteiger partial charge in [-0.25, -0.2) is 9.18 Å². The smallest absolute Gasteiger partial charge is 0.329 e. The van der Waals surface area contributed by atoms with Gasteiger partial charge in [0.15, 0.2) is 0 Å². The highest BCUT2D eigenvalue weighted by atomic mass is 32.2. The van der Waals surface area contributed by atoms with E-state index in [9.17, 15) is 14.0 Å². The van der Waals surface area contributed by atoms with E-state index >= 15 is 0 Å². The van der Waals surface area contributed by atoms with Crippen LogP contribution in [0.5, 0.6) is 0 Å². The Bertz CT molecular complexity index is 913. The number of hydrogen-bond donors (Lipinski definition) is 3. The summed E-state index contributed by atoms with van der Waals surface area (Å²) in [5.41, 5.74) is 11.5. The number of fused-ring (bicyclic) bond motifs is 2. The van der Waals surface area contributed by atoms with Crippen molar-refractivity contribution >= 4 is 29.6 Å². The second-order valence-corrected chi connectivity index (χ2v) is 7.75. The molecule has 3 amide bonds. The van der Waals surface area contributed by atoms with E-state index in [4.69, 9.17) is 5.73 Å². The summed E-state index contributed by atoms with van der Waals surface area (Å²) < 4.78 is 16.0. The first kappa shape index (κ1) is 17.9. The molecule has 0 heterocycles. The van der Waals surface area contributed by atoms with E-state index in [1.807, 2.05) is 0 Å². The molecule has 2 aliphatic carbocycles. The fourth-order valence-electron chi connectivity index (χ4n) is 3.99. The molecule has 0 saturated carbocycles. The molecule has 0 radical (unpaired) electrons. The van der Waals surface area contributed by atoms with Gasteiger partial charge in [-0.3, -0.25) is 9.52 Å². The van der Waals surface area contributed by atoms with Gasteiger partial charge in [0.05, 0.1) is 5.56 Å². The lowest BCUT2D eigenvalue weighted by Gasteiger charge is -2.16. The summed E-state index contributed by atoms with van der Waals surface area (Å²) in [4.78, 5) is 24.4. The van der Waals surface area contributed by atoms with Crippen molar-refractivity contribution in [1.82, 2.24) is 4.72 Å². The van der Waals surface area contributed by atoms with E-state index in [0.29, 0.717) is 4.90 Å². The number of nitrogens with one attached hydrogen (secondary N) is 2.